The van der Waals surface area contributed by atoms with E-state index < -0.39 is 11.6 Å². The smallest absolute Gasteiger partial charge is 0.142 e. The summed E-state index contributed by atoms with van der Waals surface area (Å²) in [6, 6.07) is 1.83. The summed E-state index contributed by atoms with van der Waals surface area (Å²) in [4.78, 5) is 0. The molecule has 0 bridgehead atoms. The Bertz CT molecular complexity index is 346. The van der Waals surface area contributed by atoms with Gasteiger partial charge < -0.3 is 10.4 Å². The standard InChI is InChI=1S/C10H12ClF2NO/c1-6(5-15)14-4-7-2-10(13)8(11)3-9(7)12/h2-3,6,14-15H,4-5H2,1H3. The van der Waals surface area contributed by atoms with Crippen molar-refractivity contribution in [1.29, 1.82) is 0 Å². The van der Waals surface area contributed by atoms with E-state index in [0.717, 1.165) is 12.1 Å². The third-order valence-corrected chi connectivity index (χ3v) is 2.29. The lowest BCUT2D eigenvalue weighted by molar-refractivity contribution is 0.250. The molecule has 0 aliphatic rings. The molecular formula is C10H12ClF2NO. The number of aliphatic hydroxyl groups excluding tert-OH is 1. The van der Waals surface area contributed by atoms with Gasteiger partial charge in [-0.1, -0.05) is 11.6 Å². The van der Waals surface area contributed by atoms with Crippen LogP contribution < -0.4 is 5.32 Å². The van der Waals surface area contributed by atoms with Gasteiger partial charge >= 0.3 is 0 Å². The molecule has 5 heteroatoms. The van der Waals surface area contributed by atoms with E-state index in [9.17, 15) is 8.78 Å². The van der Waals surface area contributed by atoms with Crippen LogP contribution >= 0.6 is 11.6 Å². The van der Waals surface area contributed by atoms with Crippen LogP contribution in [0.3, 0.4) is 0 Å². The Labute approximate surface area is 91.9 Å². The number of hydrogen-bond donors (Lipinski definition) is 2. The van der Waals surface area contributed by atoms with Gasteiger partial charge in [-0.3, -0.25) is 0 Å². The summed E-state index contributed by atoms with van der Waals surface area (Å²) in [5.41, 5.74) is 0.192. The number of benzene rings is 1. The number of nitrogens with one attached hydrogen (secondary N) is 1. The van der Waals surface area contributed by atoms with Gasteiger partial charge in [-0.25, -0.2) is 8.78 Å². The van der Waals surface area contributed by atoms with Gasteiger partial charge in [-0.15, -0.1) is 0 Å². The van der Waals surface area contributed by atoms with Gasteiger partial charge in [-0.05, 0) is 19.1 Å². The van der Waals surface area contributed by atoms with Gasteiger partial charge in [-0.2, -0.15) is 0 Å². The summed E-state index contributed by atoms with van der Waals surface area (Å²) in [6.07, 6.45) is 0. The van der Waals surface area contributed by atoms with Crippen LogP contribution in [0.2, 0.25) is 5.02 Å². The maximum Gasteiger partial charge on any atom is 0.142 e. The molecule has 2 N–H and O–H groups in total. The van der Waals surface area contributed by atoms with Crippen molar-refractivity contribution in [3.05, 3.63) is 34.4 Å². The molecule has 0 radical (unpaired) electrons. The van der Waals surface area contributed by atoms with E-state index in [1.54, 1.807) is 6.92 Å². The molecule has 1 aromatic rings. The SMILES string of the molecule is CC(CO)NCc1cc(F)c(Cl)cc1F. The maximum absolute atomic E-state index is 13.2. The fourth-order valence-corrected chi connectivity index (χ4v) is 1.20. The molecule has 0 saturated carbocycles. The first-order valence-electron chi connectivity index (χ1n) is 4.52. The van der Waals surface area contributed by atoms with E-state index >= 15 is 0 Å². The average molecular weight is 236 g/mol. The van der Waals surface area contributed by atoms with Crippen molar-refractivity contribution in [2.24, 2.45) is 0 Å². The minimum Gasteiger partial charge on any atom is -0.395 e. The minimum absolute atomic E-state index is 0.0578. The van der Waals surface area contributed by atoms with Crippen LogP contribution in [-0.2, 0) is 6.54 Å². The fourth-order valence-electron chi connectivity index (χ4n) is 1.05. The first-order chi connectivity index (χ1) is 7.04. The zero-order valence-electron chi connectivity index (χ0n) is 8.23. The Morgan fingerprint density at radius 2 is 2.07 bits per heavy atom. The lowest BCUT2D eigenvalue weighted by Crippen LogP contribution is -2.29. The molecular weight excluding hydrogens is 224 g/mol. The van der Waals surface area contributed by atoms with E-state index in [4.69, 9.17) is 16.7 Å². The minimum atomic E-state index is -0.647. The third kappa shape index (κ3) is 3.41. The molecule has 0 amide bonds. The first kappa shape index (κ1) is 12.4. The highest BCUT2D eigenvalue weighted by atomic mass is 35.5. The molecule has 1 rings (SSSR count). The molecule has 0 heterocycles. The molecule has 1 atom stereocenters. The lowest BCUT2D eigenvalue weighted by atomic mass is 10.2. The highest BCUT2D eigenvalue weighted by Gasteiger charge is 2.09. The second-order valence-corrected chi connectivity index (χ2v) is 3.73. The monoisotopic (exact) mass is 235 g/mol. The molecule has 2 nitrogen and oxygen atoms in total. The van der Waals surface area contributed by atoms with E-state index in [0.29, 0.717) is 0 Å². The molecule has 0 aromatic heterocycles. The number of halogens is 3. The van der Waals surface area contributed by atoms with Crippen molar-refractivity contribution in [3.8, 4) is 0 Å². The van der Waals surface area contributed by atoms with Gasteiger partial charge in [0, 0.05) is 18.2 Å². The van der Waals surface area contributed by atoms with Crippen molar-refractivity contribution in [2.75, 3.05) is 6.61 Å². The van der Waals surface area contributed by atoms with Crippen LogP contribution in [0.25, 0.3) is 0 Å². The second-order valence-electron chi connectivity index (χ2n) is 3.32. The van der Waals surface area contributed by atoms with Crippen molar-refractivity contribution in [3.63, 3.8) is 0 Å². The van der Waals surface area contributed by atoms with Crippen LogP contribution in [0.1, 0.15) is 12.5 Å². The van der Waals surface area contributed by atoms with Crippen molar-refractivity contribution in [1.82, 2.24) is 5.32 Å². The number of aliphatic hydroxyl groups is 1. The van der Waals surface area contributed by atoms with Crippen LogP contribution in [-0.4, -0.2) is 17.8 Å². The number of hydrogen-bond acceptors (Lipinski definition) is 2. The summed E-state index contributed by atoms with van der Waals surface area (Å²) >= 11 is 5.40. The summed E-state index contributed by atoms with van der Waals surface area (Å²) in [6.45, 7) is 1.84. The summed E-state index contributed by atoms with van der Waals surface area (Å²) < 4.78 is 26.2. The largest absolute Gasteiger partial charge is 0.395 e. The van der Waals surface area contributed by atoms with Gasteiger partial charge in [0.25, 0.3) is 0 Å². The van der Waals surface area contributed by atoms with Crippen LogP contribution in [0.15, 0.2) is 12.1 Å². The zero-order chi connectivity index (χ0) is 11.4. The molecule has 0 saturated heterocycles. The molecule has 1 unspecified atom stereocenters. The summed E-state index contributed by atoms with van der Waals surface area (Å²) in [5, 5.41) is 11.3. The summed E-state index contributed by atoms with van der Waals surface area (Å²) in [5.74, 6) is -1.20. The predicted octanol–water partition coefficient (Wildman–Crippen LogP) is 2.09. The Hall–Kier alpha value is -0.710. The highest BCUT2D eigenvalue weighted by molar-refractivity contribution is 6.30. The molecule has 84 valence electrons. The zero-order valence-corrected chi connectivity index (χ0v) is 8.98. The van der Waals surface area contributed by atoms with Crippen molar-refractivity contribution < 1.29 is 13.9 Å². The fraction of sp³-hybridized carbons (Fsp3) is 0.400. The molecule has 0 fully saturated rings. The summed E-state index contributed by atoms with van der Waals surface area (Å²) in [7, 11) is 0. The predicted molar refractivity (Wildman–Crippen MR) is 54.8 cm³/mol. The van der Waals surface area contributed by atoms with Crippen LogP contribution in [0, 0.1) is 11.6 Å². The van der Waals surface area contributed by atoms with Gasteiger partial charge in [0.15, 0.2) is 0 Å². The molecule has 1 aromatic carbocycles. The van der Waals surface area contributed by atoms with E-state index in [1.165, 1.54) is 0 Å². The van der Waals surface area contributed by atoms with Crippen LogP contribution in [0.4, 0.5) is 8.78 Å². The van der Waals surface area contributed by atoms with Gasteiger partial charge in [0.05, 0.1) is 11.6 Å². The average Bonchev–Trinajstić information content (AvgIpc) is 2.21. The van der Waals surface area contributed by atoms with E-state index in [-0.39, 0.29) is 29.8 Å². The number of rotatable bonds is 4. The normalized spacial score (nSPS) is 12.9. The molecule has 0 aliphatic heterocycles. The first-order valence-corrected chi connectivity index (χ1v) is 4.90. The topological polar surface area (TPSA) is 32.3 Å². The van der Waals surface area contributed by atoms with Gasteiger partial charge in [0.2, 0.25) is 0 Å². The quantitative estimate of drug-likeness (QED) is 0.784. The van der Waals surface area contributed by atoms with Crippen molar-refractivity contribution >= 4 is 11.6 Å². The Morgan fingerprint density at radius 1 is 1.40 bits per heavy atom. The lowest BCUT2D eigenvalue weighted by Gasteiger charge is -2.11. The van der Waals surface area contributed by atoms with Crippen molar-refractivity contribution in [2.45, 2.75) is 19.5 Å². The Morgan fingerprint density at radius 3 is 2.67 bits per heavy atom. The van der Waals surface area contributed by atoms with Gasteiger partial charge in [0.1, 0.15) is 11.6 Å². The maximum atomic E-state index is 13.2. The Balaban J connectivity index is 2.73. The Kier molecular flexibility index (Phi) is 4.45. The van der Waals surface area contributed by atoms with E-state index in [2.05, 4.69) is 5.32 Å². The molecule has 15 heavy (non-hydrogen) atoms. The van der Waals surface area contributed by atoms with Crippen LogP contribution in [0.5, 0.6) is 0 Å². The second kappa shape index (κ2) is 5.39. The van der Waals surface area contributed by atoms with E-state index in [1.807, 2.05) is 0 Å². The molecule has 0 spiro atoms. The third-order valence-electron chi connectivity index (χ3n) is 2.00. The molecule has 0 aliphatic carbocycles. The highest BCUT2D eigenvalue weighted by Crippen LogP contribution is 2.19.